The number of esters is 3. The van der Waals surface area contributed by atoms with Crippen LogP contribution in [-0.2, 0) is 14.4 Å². The number of hydrogen-bond acceptors (Lipinski definition) is 10. The van der Waals surface area contributed by atoms with Crippen molar-refractivity contribution >= 4 is 24.0 Å². The van der Waals surface area contributed by atoms with Crippen LogP contribution >= 0.6 is 0 Å². The van der Waals surface area contributed by atoms with Crippen molar-refractivity contribution in [1.82, 2.24) is 0 Å². The Kier molecular flexibility index (Phi) is 29.6. The van der Waals surface area contributed by atoms with Crippen molar-refractivity contribution in [3.63, 3.8) is 0 Å². The van der Waals surface area contributed by atoms with Crippen LogP contribution in [0.15, 0.2) is 213 Å². The van der Waals surface area contributed by atoms with Crippen LogP contribution in [0.5, 0.6) is 40.2 Å². The first-order valence-corrected chi connectivity index (χ1v) is 35.7. The lowest BCUT2D eigenvalue weighted by atomic mass is 9.84. The molecule has 0 saturated heterocycles. The molecule has 0 radical (unpaired) electrons. The van der Waals surface area contributed by atoms with Crippen molar-refractivity contribution in [2.24, 2.45) is 11.3 Å². The van der Waals surface area contributed by atoms with Crippen molar-refractivity contribution in [3.8, 4) is 40.2 Å². The van der Waals surface area contributed by atoms with Crippen LogP contribution in [0, 0.1) is 11.3 Å². The Morgan fingerprint density at radius 3 is 1.07 bits per heavy atom. The van der Waals surface area contributed by atoms with E-state index >= 15 is 0 Å². The summed E-state index contributed by atoms with van der Waals surface area (Å²) in [6.07, 6.45) is 19.4. The van der Waals surface area contributed by atoms with Crippen molar-refractivity contribution in [3.05, 3.63) is 263 Å². The summed E-state index contributed by atoms with van der Waals surface area (Å²) in [4.78, 5) is 37.3. The number of benzene rings is 8. The average molecular weight is 1320 g/mol. The molecule has 10 heteroatoms. The summed E-state index contributed by atoms with van der Waals surface area (Å²) in [6, 6.07) is 61.3. The van der Waals surface area contributed by atoms with Crippen LogP contribution in [0.25, 0.3) is 6.08 Å². The van der Waals surface area contributed by atoms with Crippen molar-refractivity contribution < 1.29 is 48.7 Å². The molecule has 0 amide bonds. The predicted molar refractivity (Wildman–Crippen MR) is 399 cm³/mol. The monoisotopic (exact) mass is 1320 g/mol. The lowest BCUT2D eigenvalue weighted by Crippen LogP contribution is -2.30. The topological polar surface area (TPSA) is 149 Å². The summed E-state index contributed by atoms with van der Waals surface area (Å²) in [7, 11) is 0. The number of phenolic OH excluding ortho intramolecular Hbond substituents is 3. The van der Waals surface area contributed by atoms with Crippen LogP contribution in [0.1, 0.15) is 251 Å². The molecule has 3 aliphatic carbocycles. The van der Waals surface area contributed by atoms with E-state index in [4.69, 9.17) is 34.3 Å². The molecular formula is C88H106O10. The third-order valence-corrected chi connectivity index (χ3v) is 20.3. The number of rotatable bonds is 18. The highest BCUT2D eigenvalue weighted by Crippen LogP contribution is 2.54. The zero-order valence-electron chi connectivity index (χ0n) is 60.0. The van der Waals surface area contributed by atoms with E-state index in [2.05, 4.69) is 95.2 Å². The number of para-hydroxylation sites is 1. The van der Waals surface area contributed by atoms with E-state index in [0.717, 1.165) is 80.4 Å². The molecule has 10 nitrogen and oxygen atoms in total. The highest BCUT2D eigenvalue weighted by Gasteiger charge is 2.51. The number of carbonyl (C=O) groups excluding carboxylic acids is 3. The van der Waals surface area contributed by atoms with Gasteiger partial charge in [-0.3, -0.25) is 14.4 Å². The van der Waals surface area contributed by atoms with Gasteiger partial charge in [0, 0.05) is 5.56 Å². The van der Waals surface area contributed by atoms with Gasteiger partial charge in [0.1, 0.15) is 52.1 Å². The molecule has 1 heterocycles. The second kappa shape index (κ2) is 38.1. The third-order valence-electron chi connectivity index (χ3n) is 20.3. The maximum Gasteiger partial charge on any atom is 0.322 e. The lowest BCUT2D eigenvalue weighted by molar-refractivity contribution is -0.145. The molecule has 2 fully saturated rings. The van der Waals surface area contributed by atoms with Gasteiger partial charge in [-0.25, -0.2) is 0 Å². The molecule has 8 aromatic carbocycles. The minimum absolute atomic E-state index is 0.00814. The SMILES string of the molecule is CCC(C)c1ccc(O)cc1.CCC(C)c1ccc(O)cc1.CCC(C)c1ccc(O)cc1.CCC(C)c1ccc(OC(=O)C23CCC(CC2)C3)cc1.CCC(C)c1ccc(OC(=O)C2C=COc3ccccc32)cc1.CCC(C)c1ccc(OC(=O)C2C=Cc3ccccc32)cc1. The van der Waals surface area contributed by atoms with E-state index in [1.54, 1.807) is 48.7 Å². The van der Waals surface area contributed by atoms with Gasteiger partial charge in [0.05, 0.1) is 11.7 Å². The summed E-state index contributed by atoms with van der Waals surface area (Å²) < 4.78 is 22.1. The van der Waals surface area contributed by atoms with E-state index in [1.165, 1.54) is 46.2 Å². The fraction of sp³-hybridized carbons (Fsp3) is 0.375. The van der Waals surface area contributed by atoms with E-state index in [0.29, 0.717) is 75.8 Å². The second-order valence-corrected chi connectivity index (χ2v) is 26.9. The van der Waals surface area contributed by atoms with Crippen molar-refractivity contribution in [2.45, 2.75) is 201 Å². The molecule has 0 aromatic heterocycles. The molecule has 2 saturated carbocycles. The summed E-state index contributed by atoms with van der Waals surface area (Å²) in [5.74, 6) is 6.50. The Morgan fingerprint density at radius 1 is 0.408 bits per heavy atom. The van der Waals surface area contributed by atoms with E-state index in [1.807, 2.05) is 158 Å². The van der Waals surface area contributed by atoms with Crippen LogP contribution < -0.4 is 18.9 Å². The Morgan fingerprint density at radius 2 is 0.724 bits per heavy atom. The van der Waals surface area contributed by atoms with Crippen LogP contribution in [0.4, 0.5) is 0 Å². The Balaban J connectivity index is 0.000000170. The van der Waals surface area contributed by atoms with E-state index in [-0.39, 0.29) is 29.2 Å². The number of aromatic hydroxyl groups is 3. The molecule has 518 valence electrons. The van der Waals surface area contributed by atoms with Gasteiger partial charge in [-0.15, -0.1) is 0 Å². The molecule has 98 heavy (non-hydrogen) atoms. The number of fused-ring (bicyclic) bond motifs is 4. The fourth-order valence-electron chi connectivity index (χ4n) is 12.3. The molecule has 2 bridgehead atoms. The second-order valence-electron chi connectivity index (χ2n) is 26.9. The molecule has 8 aromatic rings. The minimum Gasteiger partial charge on any atom is -0.508 e. The summed E-state index contributed by atoms with van der Waals surface area (Å²) in [5.41, 5.74) is 10.5. The van der Waals surface area contributed by atoms with Gasteiger partial charge >= 0.3 is 17.9 Å². The number of carbonyl (C=O) groups is 3. The zero-order valence-corrected chi connectivity index (χ0v) is 60.0. The lowest BCUT2D eigenvalue weighted by Gasteiger charge is -2.23. The highest BCUT2D eigenvalue weighted by molar-refractivity contribution is 5.88. The van der Waals surface area contributed by atoms with Crippen molar-refractivity contribution in [2.75, 3.05) is 0 Å². The molecule has 4 aliphatic rings. The maximum atomic E-state index is 12.5. The largest absolute Gasteiger partial charge is 0.508 e. The molecule has 8 unspecified atom stereocenters. The summed E-state index contributed by atoms with van der Waals surface area (Å²) in [6.45, 7) is 26.2. The van der Waals surface area contributed by atoms with E-state index < -0.39 is 5.92 Å². The number of ether oxygens (including phenoxy) is 4. The average Bonchev–Trinajstić information content (AvgIpc) is 1.62. The van der Waals surface area contributed by atoms with Gasteiger partial charge in [-0.1, -0.05) is 210 Å². The molecule has 12 rings (SSSR count). The van der Waals surface area contributed by atoms with Crippen LogP contribution in [0.2, 0.25) is 0 Å². The molecule has 0 spiro atoms. The van der Waals surface area contributed by atoms with Gasteiger partial charge in [0.15, 0.2) is 0 Å². The Bertz CT molecular complexity index is 3640. The van der Waals surface area contributed by atoms with Crippen LogP contribution in [-0.4, -0.2) is 33.2 Å². The van der Waals surface area contributed by atoms with Gasteiger partial charge in [-0.05, 0) is 242 Å². The predicted octanol–water partition coefficient (Wildman–Crippen LogP) is 23.1. The molecule has 8 atom stereocenters. The highest BCUT2D eigenvalue weighted by atomic mass is 16.5. The normalized spacial score (nSPS) is 18.2. The minimum atomic E-state index is -0.436. The molecular weight excluding hydrogens is 1220 g/mol. The quantitative estimate of drug-likeness (QED) is 0.0560. The number of phenols is 3. The summed E-state index contributed by atoms with van der Waals surface area (Å²) >= 11 is 0. The first-order chi connectivity index (χ1) is 47.2. The third kappa shape index (κ3) is 21.9. The maximum absolute atomic E-state index is 12.5. The standard InChI is InChI=1S/C20H20O3.C20H20O2.C18H24O2.3C10H14O/c1-3-14(2)15-8-10-16(11-9-15)23-20(21)18-12-13-22-19-7-5-4-6-17(18)19;1-3-14(2)15-8-11-17(12-9-15)22-20(21)19-13-10-16-6-4-5-7-18(16)19;1-3-13(2)15-4-6-16(7-5-15)20-17(19)18-10-8-14(12-18)9-11-18;3*1-3-8(2)9-4-6-10(11)7-5-9/h4-14,18H,3H2,1-2H3;4-14,19H,3H2,1-2H3;4-7,13-14H,3,8-12H2,1-2H3;3*4-8,11H,3H2,1-2H3. The Hall–Kier alpha value is -9.15. The van der Waals surface area contributed by atoms with Gasteiger partial charge in [-0.2, -0.15) is 0 Å². The van der Waals surface area contributed by atoms with Crippen molar-refractivity contribution in [1.29, 1.82) is 0 Å². The van der Waals surface area contributed by atoms with Gasteiger partial charge in [0.25, 0.3) is 0 Å². The first kappa shape index (κ1) is 76.2. The zero-order chi connectivity index (χ0) is 70.7. The number of hydrogen-bond donors (Lipinski definition) is 3. The first-order valence-electron chi connectivity index (χ1n) is 35.7. The van der Waals surface area contributed by atoms with Gasteiger partial charge in [0.2, 0.25) is 0 Å². The summed E-state index contributed by atoms with van der Waals surface area (Å²) in [5, 5.41) is 27.0. The fourth-order valence-corrected chi connectivity index (χ4v) is 12.3. The van der Waals surface area contributed by atoms with Gasteiger partial charge < -0.3 is 34.3 Å². The van der Waals surface area contributed by atoms with Crippen LogP contribution in [0.3, 0.4) is 0 Å². The van der Waals surface area contributed by atoms with E-state index in [9.17, 15) is 14.4 Å². The Labute approximate surface area is 584 Å². The smallest absolute Gasteiger partial charge is 0.322 e. The molecule has 3 N–H and O–H groups in total. The molecule has 1 aliphatic heterocycles.